The molecule has 2 aromatic carbocycles. The maximum absolute atomic E-state index is 13.5. The van der Waals surface area contributed by atoms with Crippen LogP contribution in [0.25, 0.3) is 0 Å². The summed E-state index contributed by atoms with van der Waals surface area (Å²) in [5.41, 5.74) is 2.01. The molecule has 1 atom stereocenters. The Kier molecular flexibility index (Phi) is 5.14. The number of amides is 1. The van der Waals surface area contributed by atoms with E-state index >= 15 is 0 Å². The average Bonchev–Trinajstić information content (AvgIpc) is 3.10. The van der Waals surface area contributed by atoms with Gasteiger partial charge in [-0.25, -0.2) is 4.39 Å². The maximum atomic E-state index is 13.5. The molecule has 126 valence electrons. The van der Waals surface area contributed by atoms with Gasteiger partial charge in [0.1, 0.15) is 11.6 Å². The van der Waals surface area contributed by atoms with Gasteiger partial charge in [-0.15, -0.1) is 0 Å². The Bertz CT molecular complexity index is 699. The summed E-state index contributed by atoms with van der Waals surface area (Å²) in [6.07, 6.45) is 3.04. The molecule has 1 amide bonds. The van der Waals surface area contributed by atoms with Crippen molar-refractivity contribution < 1.29 is 13.9 Å². The summed E-state index contributed by atoms with van der Waals surface area (Å²) in [6, 6.07) is 14.4. The van der Waals surface area contributed by atoms with Gasteiger partial charge in [-0.1, -0.05) is 24.3 Å². The summed E-state index contributed by atoms with van der Waals surface area (Å²) in [5, 5.41) is 0. The van der Waals surface area contributed by atoms with Gasteiger partial charge in [0, 0.05) is 13.0 Å². The van der Waals surface area contributed by atoms with Crippen molar-refractivity contribution in [2.24, 2.45) is 0 Å². The molecule has 0 radical (unpaired) electrons. The Balaban J connectivity index is 1.63. The predicted molar refractivity (Wildman–Crippen MR) is 91.4 cm³/mol. The first kappa shape index (κ1) is 16.5. The smallest absolute Gasteiger partial charge is 0.223 e. The number of likely N-dealkylation sites (tertiary alicyclic amines) is 1. The number of carbonyl (C=O) groups is 1. The summed E-state index contributed by atoms with van der Waals surface area (Å²) < 4.78 is 18.6. The molecule has 0 N–H and O–H groups in total. The van der Waals surface area contributed by atoms with Crippen molar-refractivity contribution in [2.45, 2.75) is 31.7 Å². The maximum Gasteiger partial charge on any atom is 0.223 e. The minimum Gasteiger partial charge on any atom is -0.497 e. The van der Waals surface area contributed by atoms with Crippen molar-refractivity contribution in [1.82, 2.24) is 4.90 Å². The van der Waals surface area contributed by atoms with Crippen molar-refractivity contribution in [1.29, 1.82) is 0 Å². The van der Waals surface area contributed by atoms with Gasteiger partial charge in [-0.3, -0.25) is 4.79 Å². The predicted octanol–water partition coefficient (Wildman–Crippen LogP) is 4.13. The highest BCUT2D eigenvalue weighted by molar-refractivity contribution is 5.77. The number of aryl methyl sites for hydroxylation is 1. The van der Waals surface area contributed by atoms with Crippen LogP contribution in [0.15, 0.2) is 48.5 Å². The molecule has 3 rings (SSSR count). The van der Waals surface area contributed by atoms with Gasteiger partial charge in [0.15, 0.2) is 0 Å². The number of rotatable bonds is 5. The Hall–Kier alpha value is -2.36. The van der Waals surface area contributed by atoms with Crippen LogP contribution in [0.4, 0.5) is 4.39 Å². The van der Waals surface area contributed by atoms with Gasteiger partial charge in [-0.05, 0) is 54.7 Å². The molecule has 3 nitrogen and oxygen atoms in total. The molecule has 0 aromatic heterocycles. The molecule has 0 aliphatic carbocycles. The van der Waals surface area contributed by atoms with Crippen LogP contribution in [-0.2, 0) is 11.2 Å². The number of hydrogen-bond acceptors (Lipinski definition) is 2. The Morgan fingerprint density at radius 2 is 2.04 bits per heavy atom. The minimum absolute atomic E-state index is 0.00377. The van der Waals surface area contributed by atoms with Crippen molar-refractivity contribution in [2.75, 3.05) is 13.7 Å². The third-order valence-corrected chi connectivity index (χ3v) is 4.59. The molecule has 1 aliphatic heterocycles. The van der Waals surface area contributed by atoms with Crippen molar-refractivity contribution >= 4 is 5.91 Å². The average molecular weight is 327 g/mol. The fourth-order valence-corrected chi connectivity index (χ4v) is 3.31. The van der Waals surface area contributed by atoms with Gasteiger partial charge < -0.3 is 9.64 Å². The molecule has 0 spiro atoms. The van der Waals surface area contributed by atoms with Crippen molar-refractivity contribution in [3.63, 3.8) is 0 Å². The van der Waals surface area contributed by atoms with E-state index in [1.807, 2.05) is 35.2 Å². The summed E-state index contributed by atoms with van der Waals surface area (Å²) in [6.45, 7) is 0.753. The van der Waals surface area contributed by atoms with Crippen LogP contribution in [0.5, 0.6) is 5.75 Å². The highest BCUT2D eigenvalue weighted by atomic mass is 19.1. The van der Waals surface area contributed by atoms with Gasteiger partial charge in [-0.2, -0.15) is 0 Å². The summed E-state index contributed by atoms with van der Waals surface area (Å²) in [7, 11) is 1.64. The summed E-state index contributed by atoms with van der Waals surface area (Å²) >= 11 is 0. The van der Waals surface area contributed by atoms with Crippen LogP contribution in [-0.4, -0.2) is 24.5 Å². The van der Waals surface area contributed by atoms with Crippen LogP contribution in [0.1, 0.15) is 36.4 Å². The summed E-state index contributed by atoms with van der Waals surface area (Å²) in [4.78, 5) is 14.5. The van der Waals surface area contributed by atoms with Crippen molar-refractivity contribution in [3.8, 4) is 5.75 Å². The van der Waals surface area contributed by atoms with Crippen LogP contribution in [0, 0.1) is 5.82 Å². The number of methoxy groups -OCH3 is 1. The molecule has 0 saturated carbocycles. The molecule has 1 aliphatic rings. The number of carbonyl (C=O) groups excluding carboxylic acids is 1. The molecule has 24 heavy (non-hydrogen) atoms. The number of halogens is 1. The number of benzene rings is 2. The minimum atomic E-state index is -0.245. The van der Waals surface area contributed by atoms with E-state index in [1.54, 1.807) is 19.2 Å². The first-order chi connectivity index (χ1) is 11.7. The number of ether oxygens (including phenoxy) is 1. The first-order valence-electron chi connectivity index (χ1n) is 8.35. The number of nitrogens with zero attached hydrogens (tertiary/aromatic N) is 1. The lowest BCUT2D eigenvalue weighted by Gasteiger charge is -2.25. The zero-order chi connectivity index (χ0) is 16.9. The van der Waals surface area contributed by atoms with Crippen LogP contribution in [0.3, 0.4) is 0 Å². The SMILES string of the molecule is COc1ccc(CCC(=O)N2CCCC2c2cccc(F)c2)cc1. The molecular weight excluding hydrogens is 305 g/mol. The number of hydrogen-bond donors (Lipinski definition) is 0. The lowest BCUT2D eigenvalue weighted by molar-refractivity contribution is -0.132. The third-order valence-electron chi connectivity index (χ3n) is 4.59. The zero-order valence-corrected chi connectivity index (χ0v) is 13.9. The Labute approximate surface area is 142 Å². The highest BCUT2D eigenvalue weighted by Gasteiger charge is 2.29. The second kappa shape index (κ2) is 7.47. The van der Waals surface area contributed by atoms with Gasteiger partial charge in [0.05, 0.1) is 13.2 Å². The zero-order valence-electron chi connectivity index (χ0n) is 13.9. The lowest BCUT2D eigenvalue weighted by atomic mass is 10.0. The monoisotopic (exact) mass is 327 g/mol. The standard InChI is InChI=1S/C20H22FNO2/c1-24-18-10-7-15(8-11-18)9-12-20(23)22-13-3-6-19(22)16-4-2-5-17(21)14-16/h2,4-5,7-8,10-11,14,19H,3,6,9,12-13H2,1H3. The van der Waals surface area contributed by atoms with E-state index < -0.39 is 0 Å². The molecule has 1 saturated heterocycles. The Morgan fingerprint density at radius 1 is 1.25 bits per heavy atom. The van der Waals surface area contributed by atoms with Crippen LogP contribution >= 0.6 is 0 Å². The highest BCUT2D eigenvalue weighted by Crippen LogP contribution is 2.32. The normalized spacial score (nSPS) is 17.1. The second-order valence-corrected chi connectivity index (χ2v) is 6.15. The molecular formula is C20H22FNO2. The van der Waals surface area contributed by atoms with Crippen molar-refractivity contribution in [3.05, 3.63) is 65.5 Å². The molecule has 1 unspecified atom stereocenters. The topological polar surface area (TPSA) is 29.5 Å². The molecule has 1 heterocycles. The van der Waals surface area contributed by atoms with E-state index in [0.717, 1.165) is 36.3 Å². The fourth-order valence-electron chi connectivity index (χ4n) is 3.31. The van der Waals surface area contributed by atoms with Gasteiger partial charge in [0.2, 0.25) is 5.91 Å². The summed E-state index contributed by atoms with van der Waals surface area (Å²) in [5.74, 6) is 0.707. The second-order valence-electron chi connectivity index (χ2n) is 6.15. The Morgan fingerprint density at radius 3 is 2.75 bits per heavy atom. The molecule has 0 bridgehead atoms. The van der Waals surface area contributed by atoms with Gasteiger partial charge >= 0.3 is 0 Å². The van der Waals surface area contributed by atoms with E-state index in [9.17, 15) is 9.18 Å². The fraction of sp³-hybridized carbons (Fsp3) is 0.350. The lowest BCUT2D eigenvalue weighted by Crippen LogP contribution is -2.30. The molecule has 4 heteroatoms. The van der Waals surface area contributed by atoms with E-state index in [2.05, 4.69) is 0 Å². The van der Waals surface area contributed by atoms with E-state index in [1.165, 1.54) is 6.07 Å². The van der Waals surface area contributed by atoms with Crippen LogP contribution in [0.2, 0.25) is 0 Å². The third kappa shape index (κ3) is 3.75. The van der Waals surface area contributed by atoms with E-state index in [-0.39, 0.29) is 17.8 Å². The van der Waals surface area contributed by atoms with E-state index in [4.69, 9.17) is 4.74 Å². The first-order valence-corrected chi connectivity index (χ1v) is 8.35. The quantitative estimate of drug-likeness (QED) is 0.826. The van der Waals surface area contributed by atoms with Crippen LogP contribution < -0.4 is 4.74 Å². The van der Waals surface area contributed by atoms with E-state index in [0.29, 0.717) is 12.8 Å². The molecule has 1 fully saturated rings. The van der Waals surface area contributed by atoms with Gasteiger partial charge in [0.25, 0.3) is 0 Å². The molecule has 2 aromatic rings. The largest absolute Gasteiger partial charge is 0.497 e.